The van der Waals surface area contributed by atoms with E-state index in [1.165, 1.54) is 23.1 Å². The van der Waals surface area contributed by atoms with Crippen LogP contribution in [0.2, 0.25) is 0 Å². The van der Waals surface area contributed by atoms with Crippen molar-refractivity contribution in [3.63, 3.8) is 0 Å². The van der Waals surface area contributed by atoms with Crippen molar-refractivity contribution in [1.82, 2.24) is 19.7 Å². The van der Waals surface area contributed by atoms with Crippen molar-refractivity contribution in [2.45, 2.75) is 18.2 Å². The molecule has 1 aromatic carbocycles. The number of benzene rings is 1. The molecule has 1 N–H and O–H groups in total. The molecule has 0 aliphatic carbocycles. The first-order valence-electron chi connectivity index (χ1n) is 9.05. The van der Waals surface area contributed by atoms with Gasteiger partial charge in [0.15, 0.2) is 15.3 Å². The van der Waals surface area contributed by atoms with Crippen molar-refractivity contribution >= 4 is 51.0 Å². The van der Waals surface area contributed by atoms with E-state index in [4.69, 9.17) is 4.74 Å². The second-order valence-electron chi connectivity index (χ2n) is 6.35. The Morgan fingerprint density at radius 3 is 2.87 bits per heavy atom. The van der Waals surface area contributed by atoms with Gasteiger partial charge in [0.05, 0.1) is 18.6 Å². The fraction of sp³-hybridized carbons (Fsp3) is 0.200. The minimum Gasteiger partial charge on any atom is -0.495 e. The summed E-state index contributed by atoms with van der Waals surface area (Å²) < 4.78 is 8.09. The fourth-order valence-corrected chi connectivity index (χ4v) is 5.45. The van der Waals surface area contributed by atoms with Gasteiger partial charge in [-0.2, -0.15) is 0 Å². The maximum atomic E-state index is 12.8. The Labute approximate surface area is 186 Å². The minimum atomic E-state index is 0.0605. The van der Waals surface area contributed by atoms with Gasteiger partial charge in [-0.15, -0.1) is 21.5 Å². The zero-order valence-electron chi connectivity index (χ0n) is 16.6. The number of carbonyl (C=O) groups is 1. The van der Waals surface area contributed by atoms with E-state index in [0.717, 1.165) is 32.3 Å². The van der Waals surface area contributed by atoms with Crippen LogP contribution in [0.25, 0.3) is 5.13 Å². The third kappa shape index (κ3) is 4.25. The number of nitrogens with one attached hydrogen (secondary N) is 1. The van der Waals surface area contributed by atoms with Gasteiger partial charge < -0.3 is 10.1 Å². The van der Waals surface area contributed by atoms with Crippen LogP contribution in [0.15, 0.2) is 46.2 Å². The van der Waals surface area contributed by atoms with Crippen LogP contribution in [0.4, 0.5) is 10.8 Å². The molecule has 3 aromatic heterocycles. The van der Waals surface area contributed by atoms with E-state index in [1.54, 1.807) is 24.6 Å². The Bertz CT molecular complexity index is 1170. The predicted molar refractivity (Wildman–Crippen MR) is 122 cm³/mol. The lowest BCUT2D eigenvalue weighted by atomic mass is 10.2. The van der Waals surface area contributed by atoms with Gasteiger partial charge in [-0.1, -0.05) is 35.2 Å². The summed E-state index contributed by atoms with van der Waals surface area (Å²) in [5.74, 6) is 1.09. The maximum absolute atomic E-state index is 12.8. The van der Waals surface area contributed by atoms with Crippen LogP contribution in [-0.4, -0.2) is 38.4 Å². The summed E-state index contributed by atoms with van der Waals surface area (Å²) in [4.78, 5) is 17.2. The first kappa shape index (κ1) is 20.6. The number of hydrogen-bond donors (Lipinski definition) is 1. The number of rotatable bonds is 8. The lowest BCUT2D eigenvalue weighted by molar-refractivity contribution is 0.102. The molecule has 10 heteroatoms. The van der Waals surface area contributed by atoms with E-state index in [-0.39, 0.29) is 5.78 Å². The zero-order chi connectivity index (χ0) is 21.1. The van der Waals surface area contributed by atoms with Gasteiger partial charge in [0.2, 0.25) is 5.13 Å². The average Bonchev–Trinajstić information content (AvgIpc) is 3.48. The van der Waals surface area contributed by atoms with E-state index in [1.807, 2.05) is 54.1 Å². The number of Topliss-reactive ketones (excluding diaryl/α,β-unsaturated/α-hetero) is 1. The number of methoxy groups -OCH3 is 1. The molecule has 0 aliphatic heterocycles. The first-order valence-corrected chi connectivity index (χ1v) is 11.7. The molecular formula is C20H19N5O2S3. The number of hydrogen-bond acceptors (Lipinski definition) is 9. The summed E-state index contributed by atoms with van der Waals surface area (Å²) >= 11 is 4.34. The molecule has 0 aliphatic rings. The predicted octanol–water partition coefficient (Wildman–Crippen LogP) is 5.13. The Balaban J connectivity index is 1.42. The molecule has 3 heterocycles. The molecule has 0 saturated heterocycles. The molecule has 0 amide bonds. The van der Waals surface area contributed by atoms with Crippen LogP contribution in [-0.2, 0) is 0 Å². The van der Waals surface area contributed by atoms with Gasteiger partial charge in [0.1, 0.15) is 5.75 Å². The van der Waals surface area contributed by atoms with Gasteiger partial charge in [0.25, 0.3) is 0 Å². The van der Waals surface area contributed by atoms with Gasteiger partial charge in [0, 0.05) is 28.5 Å². The van der Waals surface area contributed by atoms with Crippen LogP contribution in [0.3, 0.4) is 0 Å². The SMILES string of the molecule is COc1ccccc1Nc1nnc(SCC(=O)c2cc(C)n(-c3nccs3)c2C)s1. The molecule has 7 nitrogen and oxygen atoms in total. The highest BCUT2D eigenvalue weighted by molar-refractivity contribution is 8.01. The molecule has 0 fully saturated rings. The lowest BCUT2D eigenvalue weighted by Crippen LogP contribution is -2.05. The van der Waals surface area contributed by atoms with E-state index < -0.39 is 0 Å². The van der Waals surface area contributed by atoms with Crippen molar-refractivity contribution in [3.05, 3.63) is 58.9 Å². The highest BCUT2D eigenvalue weighted by atomic mass is 32.2. The highest BCUT2D eigenvalue weighted by Crippen LogP contribution is 2.32. The van der Waals surface area contributed by atoms with Crippen LogP contribution in [0.1, 0.15) is 21.7 Å². The highest BCUT2D eigenvalue weighted by Gasteiger charge is 2.18. The molecule has 0 atom stereocenters. The maximum Gasteiger partial charge on any atom is 0.210 e. The minimum absolute atomic E-state index is 0.0605. The van der Waals surface area contributed by atoms with Crippen molar-refractivity contribution in [3.8, 4) is 10.9 Å². The number of ether oxygens (including phenoxy) is 1. The normalized spacial score (nSPS) is 10.9. The smallest absolute Gasteiger partial charge is 0.210 e. The second kappa shape index (κ2) is 8.99. The van der Waals surface area contributed by atoms with Crippen LogP contribution in [0, 0.1) is 13.8 Å². The largest absolute Gasteiger partial charge is 0.495 e. The average molecular weight is 458 g/mol. The molecular weight excluding hydrogens is 438 g/mol. The number of para-hydroxylation sites is 2. The van der Waals surface area contributed by atoms with Gasteiger partial charge >= 0.3 is 0 Å². The number of nitrogens with zero attached hydrogens (tertiary/aromatic N) is 4. The monoisotopic (exact) mass is 457 g/mol. The van der Waals surface area contributed by atoms with Crippen molar-refractivity contribution in [2.24, 2.45) is 0 Å². The standard InChI is InChI=1S/C20H19N5O2S3/c1-12-10-14(13(2)25(12)19-21-8-9-28-19)16(26)11-29-20-24-23-18(30-20)22-15-6-4-5-7-17(15)27-3/h4-10H,11H2,1-3H3,(H,22,23). The summed E-state index contributed by atoms with van der Waals surface area (Å²) in [6.07, 6.45) is 1.77. The van der Waals surface area contributed by atoms with E-state index >= 15 is 0 Å². The zero-order valence-corrected chi connectivity index (χ0v) is 19.0. The summed E-state index contributed by atoms with van der Waals surface area (Å²) in [5.41, 5.74) is 3.43. The number of carbonyl (C=O) groups excluding carboxylic acids is 1. The topological polar surface area (TPSA) is 81.9 Å². The molecule has 0 unspecified atom stereocenters. The second-order valence-corrected chi connectivity index (χ2v) is 9.42. The quantitative estimate of drug-likeness (QED) is 0.290. The van der Waals surface area contributed by atoms with E-state index in [9.17, 15) is 4.79 Å². The number of aryl methyl sites for hydroxylation is 1. The van der Waals surface area contributed by atoms with Crippen LogP contribution < -0.4 is 10.1 Å². The van der Waals surface area contributed by atoms with Crippen LogP contribution >= 0.6 is 34.4 Å². The number of anilines is 2. The molecule has 4 rings (SSSR count). The first-order chi connectivity index (χ1) is 14.6. The number of thiazole rings is 1. The Morgan fingerprint density at radius 2 is 2.10 bits per heavy atom. The summed E-state index contributed by atoms with van der Waals surface area (Å²) in [6.45, 7) is 3.94. The van der Waals surface area contributed by atoms with Crippen LogP contribution in [0.5, 0.6) is 5.75 Å². The Hall–Kier alpha value is -2.69. The van der Waals surface area contributed by atoms with Crippen molar-refractivity contribution in [1.29, 1.82) is 0 Å². The number of thioether (sulfide) groups is 1. The molecule has 30 heavy (non-hydrogen) atoms. The fourth-order valence-electron chi connectivity index (χ4n) is 3.05. The van der Waals surface area contributed by atoms with Crippen molar-refractivity contribution in [2.75, 3.05) is 18.2 Å². The van der Waals surface area contributed by atoms with E-state index in [2.05, 4.69) is 20.5 Å². The summed E-state index contributed by atoms with van der Waals surface area (Å²) in [5, 5.41) is 15.0. The third-order valence-electron chi connectivity index (χ3n) is 4.42. The Morgan fingerprint density at radius 1 is 1.27 bits per heavy atom. The third-order valence-corrected chi connectivity index (χ3v) is 7.15. The molecule has 154 valence electrons. The summed E-state index contributed by atoms with van der Waals surface area (Å²) in [7, 11) is 1.62. The Kier molecular flexibility index (Phi) is 6.16. The van der Waals surface area contributed by atoms with Gasteiger partial charge in [-0.3, -0.25) is 9.36 Å². The molecule has 0 bridgehead atoms. The van der Waals surface area contributed by atoms with E-state index in [0.29, 0.717) is 16.4 Å². The molecule has 4 aromatic rings. The lowest BCUT2D eigenvalue weighted by Gasteiger charge is -2.07. The van der Waals surface area contributed by atoms with Gasteiger partial charge in [-0.25, -0.2) is 4.98 Å². The number of ketones is 1. The molecule has 0 radical (unpaired) electrons. The molecule has 0 spiro atoms. The summed E-state index contributed by atoms with van der Waals surface area (Å²) in [6, 6.07) is 9.54. The van der Waals surface area contributed by atoms with Crippen molar-refractivity contribution < 1.29 is 9.53 Å². The van der Waals surface area contributed by atoms with Gasteiger partial charge in [-0.05, 0) is 32.0 Å². The molecule has 0 saturated carbocycles. The number of aromatic nitrogens is 4.